The highest BCUT2D eigenvalue weighted by Crippen LogP contribution is 2.30. The molecule has 1 atom stereocenters. The van der Waals surface area contributed by atoms with Gasteiger partial charge in [0.25, 0.3) is 0 Å². The van der Waals surface area contributed by atoms with Crippen LogP contribution >= 0.6 is 0 Å². The van der Waals surface area contributed by atoms with Crippen molar-refractivity contribution < 1.29 is 0 Å². The summed E-state index contributed by atoms with van der Waals surface area (Å²) in [5.74, 6) is 2.03. The summed E-state index contributed by atoms with van der Waals surface area (Å²) in [7, 11) is 0. The zero-order valence-corrected chi connectivity index (χ0v) is 15.9. The molecule has 1 N–H and O–H groups in total. The molecule has 4 rings (SSSR count). The molecule has 2 aromatic rings. The van der Waals surface area contributed by atoms with Crippen molar-refractivity contribution >= 4 is 5.82 Å². The van der Waals surface area contributed by atoms with Crippen molar-refractivity contribution in [1.29, 1.82) is 0 Å². The predicted molar refractivity (Wildman–Crippen MR) is 106 cm³/mol. The number of aromatic nitrogens is 2. The molecule has 0 spiro atoms. The minimum atomic E-state index is 0.637. The third-order valence-corrected chi connectivity index (χ3v) is 5.74. The number of benzene rings is 1. The third-order valence-electron chi connectivity index (χ3n) is 5.74. The number of likely N-dealkylation sites (N-methyl/N-ethyl adjacent to an activating group) is 1. The van der Waals surface area contributed by atoms with Crippen LogP contribution in [0.15, 0.2) is 30.3 Å². The lowest BCUT2D eigenvalue weighted by Crippen LogP contribution is -2.38. The predicted octanol–water partition coefficient (Wildman–Crippen LogP) is 2.71. The molecule has 5 heteroatoms. The van der Waals surface area contributed by atoms with Gasteiger partial charge in [-0.05, 0) is 32.5 Å². The molecule has 1 aromatic carbocycles. The van der Waals surface area contributed by atoms with Gasteiger partial charge in [0.05, 0.1) is 5.69 Å². The fraction of sp³-hybridized carbons (Fsp3) is 0.524. The number of hydrogen-bond donors (Lipinski definition) is 1. The molecule has 1 aromatic heterocycles. The Kier molecular flexibility index (Phi) is 5.18. The second-order valence-electron chi connectivity index (χ2n) is 7.20. The first-order valence-corrected chi connectivity index (χ1v) is 9.95. The van der Waals surface area contributed by atoms with Crippen LogP contribution in [0.2, 0.25) is 0 Å². The van der Waals surface area contributed by atoms with E-state index in [9.17, 15) is 0 Å². The van der Waals surface area contributed by atoms with Gasteiger partial charge >= 0.3 is 0 Å². The molecule has 5 nitrogen and oxygen atoms in total. The molecule has 0 radical (unpaired) electrons. The zero-order valence-electron chi connectivity index (χ0n) is 15.9. The van der Waals surface area contributed by atoms with E-state index in [1.807, 2.05) is 6.07 Å². The van der Waals surface area contributed by atoms with Gasteiger partial charge in [0.2, 0.25) is 0 Å². The van der Waals surface area contributed by atoms with Crippen LogP contribution in [0.4, 0.5) is 5.82 Å². The van der Waals surface area contributed by atoms with E-state index >= 15 is 0 Å². The van der Waals surface area contributed by atoms with Gasteiger partial charge < -0.3 is 10.2 Å². The summed E-state index contributed by atoms with van der Waals surface area (Å²) in [6.07, 6.45) is 2.24. The van der Waals surface area contributed by atoms with Crippen LogP contribution in [0, 0.1) is 0 Å². The van der Waals surface area contributed by atoms with Crippen LogP contribution in [0.25, 0.3) is 11.4 Å². The van der Waals surface area contributed by atoms with E-state index in [0.717, 1.165) is 57.1 Å². The molecule has 1 saturated heterocycles. The Morgan fingerprint density at radius 2 is 1.96 bits per heavy atom. The second-order valence-corrected chi connectivity index (χ2v) is 7.20. The van der Waals surface area contributed by atoms with E-state index < -0.39 is 0 Å². The van der Waals surface area contributed by atoms with Crippen molar-refractivity contribution in [2.24, 2.45) is 0 Å². The van der Waals surface area contributed by atoms with Gasteiger partial charge in [0.1, 0.15) is 5.82 Å². The minimum Gasteiger partial charge on any atom is -0.355 e. The zero-order chi connectivity index (χ0) is 17.9. The van der Waals surface area contributed by atoms with E-state index in [0.29, 0.717) is 6.04 Å². The van der Waals surface area contributed by atoms with Gasteiger partial charge in [0, 0.05) is 36.8 Å². The van der Waals surface area contributed by atoms with Crippen LogP contribution in [-0.4, -0.2) is 53.6 Å². The van der Waals surface area contributed by atoms with Crippen molar-refractivity contribution in [2.45, 2.75) is 39.3 Å². The van der Waals surface area contributed by atoms with Crippen LogP contribution in [0.5, 0.6) is 0 Å². The first kappa shape index (κ1) is 17.4. The van der Waals surface area contributed by atoms with Gasteiger partial charge in [-0.1, -0.05) is 44.2 Å². The summed E-state index contributed by atoms with van der Waals surface area (Å²) >= 11 is 0. The molecule has 26 heavy (non-hydrogen) atoms. The first-order valence-electron chi connectivity index (χ1n) is 9.95. The molecule has 0 saturated carbocycles. The molecule has 3 heterocycles. The highest BCUT2D eigenvalue weighted by Gasteiger charge is 2.30. The fourth-order valence-electron chi connectivity index (χ4n) is 4.29. The van der Waals surface area contributed by atoms with E-state index in [-0.39, 0.29) is 0 Å². The molecule has 2 aliphatic rings. The lowest BCUT2D eigenvalue weighted by Gasteiger charge is -2.28. The Hall–Kier alpha value is -1.98. The van der Waals surface area contributed by atoms with E-state index in [2.05, 4.69) is 53.2 Å². The molecule has 0 amide bonds. The van der Waals surface area contributed by atoms with Crippen molar-refractivity contribution in [3.8, 4) is 11.4 Å². The Morgan fingerprint density at radius 3 is 2.73 bits per heavy atom. The van der Waals surface area contributed by atoms with Crippen molar-refractivity contribution in [1.82, 2.24) is 20.2 Å². The first-order chi connectivity index (χ1) is 12.8. The number of nitrogens with zero attached hydrogens (tertiary/aromatic N) is 4. The highest BCUT2D eigenvalue weighted by atomic mass is 15.3. The molecule has 0 bridgehead atoms. The molecule has 1 fully saturated rings. The minimum absolute atomic E-state index is 0.637. The lowest BCUT2D eigenvalue weighted by atomic mass is 10.1. The molecule has 138 valence electrons. The summed E-state index contributed by atoms with van der Waals surface area (Å²) in [6, 6.07) is 11.0. The Morgan fingerprint density at radius 1 is 1.15 bits per heavy atom. The highest BCUT2D eigenvalue weighted by molar-refractivity contribution is 5.61. The van der Waals surface area contributed by atoms with Crippen LogP contribution in [0.1, 0.15) is 31.5 Å². The standard InChI is InChI=1S/C21H29N5/c1-3-25(4-2)17-11-13-26(15-17)21-18-10-12-22-14-19(18)23-20(24-21)16-8-6-5-7-9-16/h5-9,17,22H,3-4,10-15H2,1-2H3. The monoisotopic (exact) mass is 351 g/mol. The summed E-state index contributed by atoms with van der Waals surface area (Å²) in [6.45, 7) is 10.8. The normalized spacial score (nSPS) is 19.8. The SMILES string of the molecule is CCN(CC)C1CCN(c2nc(-c3ccccc3)nc3c2CCNC3)C1. The summed E-state index contributed by atoms with van der Waals surface area (Å²) in [4.78, 5) is 15.0. The number of anilines is 1. The second kappa shape index (κ2) is 7.72. The van der Waals surface area contributed by atoms with Gasteiger partial charge in [0.15, 0.2) is 5.82 Å². The number of nitrogens with one attached hydrogen (secondary N) is 1. The summed E-state index contributed by atoms with van der Waals surface area (Å²) in [5, 5.41) is 3.47. The van der Waals surface area contributed by atoms with Crippen molar-refractivity contribution in [3.05, 3.63) is 41.6 Å². The Bertz CT molecular complexity index is 742. The number of rotatable bonds is 5. The molecule has 2 aliphatic heterocycles. The topological polar surface area (TPSA) is 44.3 Å². The van der Waals surface area contributed by atoms with Gasteiger partial charge in [-0.25, -0.2) is 9.97 Å². The quantitative estimate of drug-likeness (QED) is 0.897. The van der Waals surface area contributed by atoms with Gasteiger partial charge in [-0.2, -0.15) is 0 Å². The number of hydrogen-bond acceptors (Lipinski definition) is 5. The summed E-state index contributed by atoms with van der Waals surface area (Å²) < 4.78 is 0. The molecule has 1 unspecified atom stereocenters. The fourth-order valence-corrected chi connectivity index (χ4v) is 4.29. The maximum absolute atomic E-state index is 5.05. The van der Waals surface area contributed by atoms with Gasteiger partial charge in [-0.3, -0.25) is 4.90 Å². The van der Waals surface area contributed by atoms with E-state index in [1.165, 1.54) is 23.5 Å². The molecular formula is C21H29N5. The average molecular weight is 351 g/mol. The Labute approximate surface area is 156 Å². The third kappa shape index (κ3) is 3.33. The van der Waals surface area contributed by atoms with E-state index in [4.69, 9.17) is 9.97 Å². The largest absolute Gasteiger partial charge is 0.355 e. The van der Waals surface area contributed by atoms with Crippen molar-refractivity contribution in [3.63, 3.8) is 0 Å². The lowest BCUT2D eigenvalue weighted by molar-refractivity contribution is 0.232. The van der Waals surface area contributed by atoms with Gasteiger partial charge in [-0.15, -0.1) is 0 Å². The molecular weight excluding hydrogens is 322 g/mol. The Balaban J connectivity index is 1.69. The maximum atomic E-state index is 5.05. The van der Waals surface area contributed by atoms with Crippen molar-refractivity contribution in [2.75, 3.05) is 37.6 Å². The van der Waals surface area contributed by atoms with E-state index in [1.54, 1.807) is 0 Å². The summed E-state index contributed by atoms with van der Waals surface area (Å²) in [5.41, 5.74) is 3.62. The van der Waals surface area contributed by atoms with Crippen LogP contribution < -0.4 is 10.2 Å². The smallest absolute Gasteiger partial charge is 0.161 e. The maximum Gasteiger partial charge on any atom is 0.161 e. The average Bonchev–Trinajstić information content (AvgIpc) is 3.18. The van der Waals surface area contributed by atoms with Crippen LogP contribution in [-0.2, 0) is 13.0 Å². The van der Waals surface area contributed by atoms with Crippen LogP contribution in [0.3, 0.4) is 0 Å². The number of fused-ring (bicyclic) bond motifs is 1. The molecule has 0 aliphatic carbocycles.